The minimum absolute atomic E-state index is 0.335. The number of rotatable bonds is 1. The van der Waals surface area contributed by atoms with Crippen LogP contribution in [0.5, 0.6) is 0 Å². The maximum atomic E-state index is 12.1. The fourth-order valence-electron chi connectivity index (χ4n) is 8.32. The second-order valence-electron chi connectivity index (χ2n) is 9.68. The van der Waals surface area contributed by atoms with Crippen molar-refractivity contribution in [2.45, 2.75) is 70.6 Å². The average molecular weight is 328 g/mol. The van der Waals surface area contributed by atoms with Crippen LogP contribution in [-0.4, -0.2) is 11.1 Å². The van der Waals surface area contributed by atoms with Gasteiger partial charge in [0.1, 0.15) is 0 Å². The summed E-state index contributed by atoms with van der Waals surface area (Å²) in [7, 11) is 0. The number of carboxylic acid groups (broad SMARTS) is 1. The Morgan fingerprint density at radius 3 is 2.38 bits per heavy atom. The van der Waals surface area contributed by atoms with Gasteiger partial charge in [0, 0.05) is 0 Å². The third kappa shape index (κ3) is 2.04. The molecule has 0 heterocycles. The Hall–Kier alpha value is -0.790. The van der Waals surface area contributed by atoms with Crippen LogP contribution < -0.4 is 0 Å². The topological polar surface area (TPSA) is 37.3 Å². The highest BCUT2D eigenvalue weighted by Gasteiger charge is 2.59. The number of allylic oxidation sites excluding steroid dienone is 2. The van der Waals surface area contributed by atoms with Crippen LogP contribution in [0.15, 0.2) is 12.2 Å². The second-order valence-corrected chi connectivity index (χ2v) is 9.68. The summed E-state index contributed by atoms with van der Waals surface area (Å²) in [5, 5.41) is 9.97. The molecule has 24 heavy (non-hydrogen) atoms. The summed E-state index contributed by atoms with van der Waals surface area (Å²) < 4.78 is 0. The van der Waals surface area contributed by atoms with Crippen LogP contribution in [0, 0.1) is 46.8 Å². The van der Waals surface area contributed by atoms with Crippen LogP contribution in [0.1, 0.15) is 70.6 Å². The van der Waals surface area contributed by atoms with E-state index in [9.17, 15) is 9.90 Å². The summed E-state index contributed by atoms with van der Waals surface area (Å²) in [4.78, 5) is 12.1. The maximum Gasteiger partial charge on any atom is 0.309 e. The molecule has 0 aliphatic heterocycles. The van der Waals surface area contributed by atoms with Gasteiger partial charge in [-0.15, -0.1) is 0 Å². The zero-order chi connectivity index (χ0) is 16.3. The van der Waals surface area contributed by atoms with Crippen LogP contribution >= 0.6 is 0 Å². The van der Waals surface area contributed by atoms with Gasteiger partial charge in [0.2, 0.25) is 0 Å². The lowest BCUT2D eigenvalue weighted by molar-refractivity contribution is -0.161. The molecular weight excluding hydrogens is 296 g/mol. The summed E-state index contributed by atoms with van der Waals surface area (Å²) >= 11 is 0. The zero-order valence-corrected chi connectivity index (χ0v) is 14.8. The van der Waals surface area contributed by atoms with Gasteiger partial charge in [-0.3, -0.25) is 4.79 Å². The molecule has 2 heteroatoms. The Bertz CT molecular complexity index is 552. The minimum atomic E-state index is -0.466. The molecule has 1 N–H and O–H groups in total. The average Bonchev–Trinajstić information content (AvgIpc) is 3.07. The predicted octanol–water partition coefficient (Wildman–Crippen LogP) is 5.29. The number of fused-ring (bicyclic) bond motifs is 7. The Balaban J connectivity index is 1.41. The van der Waals surface area contributed by atoms with E-state index in [1.165, 1.54) is 51.4 Å². The Kier molecular flexibility index (Phi) is 3.61. The molecule has 4 fully saturated rings. The van der Waals surface area contributed by atoms with Crippen molar-refractivity contribution in [1.82, 2.24) is 0 Å². The molecule has 5 rings (SSSR count). The van der Waals surface area contributed by atoms with Crippen molar-refractivity contribution in [2.75, 3.05) is 0 Å². The van der Waals surface area contributed by atoms with E-state index in [1.807, 2.05) is 0 Å². The van der Waals surface area contributed by atoms with Crippen molar-refractivity contribution in [1.29, 1.82) is 0 Å². The maximum absolute atomic E-state index is 12.1. The first kappa shape index (κ1) is 15.5. The van der Waals surface area contributed by atoms with Gasteiger partial charge in [-0.25, -0.2) is 0 Å². The molecule has 0 aromatic carbocycles. The molecule has 8 unspecified atom stereocenters. The van der Waals surface area contributed by atoms with Gasteiger partial charge in [-0.1, -0.05) is 18.6 Å². The van der Waals surface area contributed by atoms with Crippen LogP contribution in [-0.2, 0) is 4.79 Å². The molecule has 4 saturated carbocycles. The van der Waals surface area contributed by atoms with Gasteiger partial charge >= 0.3 is 5.97 Å². The van der Waals surface area contributed by atoms with Crippen molar-refractivity contribution < 1.29 is 9.90 Å². The van der Waals surface area contributed by atoms with E-state index in [-0.39, 0.29) is 5.41 Å². The summed E-state index contributed by atoms with van der Waals surface area (Å²) in [5.74, 6) is 5.40. The second kappa shape index (κ2) is 5.61. The quantitative estimate of drug-likeness (QED) is 0.664. The van der Waals surface area contributed by atoms with Gasteiger partial charge in [-0.05, 0) is 106 Å². The highest BCUT2D eigenvalue weighted by atomic mass is 16.4. The predicted molar refractivity (Wildman–Crippen MR) is 94.4 cm³/mol. The van der Waals surface area contributed by atoms with E-state index in [1.54, 1.807) is 0 Å². The molecule has 0 amide bonds. The first-order valence-electron chi connectivity index (χ1n) is 10.6. The summed E-state index contributed by atoms with van der Waals surface area (Å²) in [6.45, 7) is 0. The highest BCUT2D eigenvalue weighted by molar-refractivity contribution is 5.75. The standard InChI is InChI=1S/C22H32O2/c23-21(24)22-12-3-6-20(22)19-10-9-16-15-5-2-1-4-14(15)7-8-17(16)18(19)11-13-22/h1-2,14-20H,3-13H2,(H,23,24). The van der Waals surface area contributed by atoms with Crippen molar-refractivity contribution in [3.05, 3.63) is 12.2 Å². The lowest BCUT2D eigenvalue weighted by Gasteiger charge is -2.57. The van der Waals surface area contributed by atoms with E-state index >= 15 is 0 Å². The summed E-state index contributed by atoms with van der Waals surface area (Å²) in [6, 6.07) is 0. The van der Waals surface area contributed by atoms with E-state index in [0.717, 1.165) is 54.8 Å². The van der Waals surface area contributed by atoms with Crippen molar-refractivity contribution in [3.63, 3.8) is 0 Å². The Morgan fingerprint density at radius 1 is 0.792 bits per heavy atom. The van der Waals surface area contributed by atoms with Crippen LogP contribution in [0.4, 0.5) is 0 Å². The molecular formula is C22H32O2. The molecule has 0 radical (unpaired) electrons. The van der Waals surface area contributed by atoms with Crippen molar-refractivity contribution in [3.8, 4) is 0 Å². The summed E-state index contributed by atoms with van der Waals surface area (Å²) in [5.41, 5.74) is -0.335. The third-order valence-corrected chi connectivity index (χ3v) is 9.24. The number of aliphatic carboxylic acids is 1. The van der Waals surface area contributed by atoms with Gasteiger partial charge in [0.25, 0.3) is 0 Å². The molecule has 0 aromatic rings. The number of carboxylic acids is 1. The molecule has 5 aliphatic carbocycles. The highest BCUT2D eigenvalue weighted by Crippen LogP contribution is 2.64. The van der Waals surface area contributed by atoms with Gasteiger partial charge in [0.15, 0.2) is 0 Å². The number of hydrogen-bond acceptors (Lipinski definition) is 1. The van der Waals surface area contributed by atoms with Gasteiger partial charge < -0.3 is 5.11 Å². The lowest BCUT2D eigenvalue weighted by Crippen LogP contribution is -2.52. The first-order valence-corrected chi connectivity index (χ1v) is 10.6. The van der Waals surface area contributed by atoms with E-state index in [4.69, 9.17) is 0 Å². The summed E-state index contributed by atoms with van der Waals surface area (Å²) in [6.07, 6.45) is 18.6. The van der Waals surface area contributed by atoms with Gasteiger partial charge in [0.05, 0.1) is 5.41 Å². The van der Waals surface area contributed by atoms with Crippen molar-refractivity contribution >= 4 is 5.97 Å². The minimum Gasteiger partial charge on any atom is -0.481 e. The first-order chi connectivity index (χ1) is 11.7. The SMILES string of the molecule is O=C(O)C12CCCC1C1CCC3C4CC=CCC4CCC3C1CC2. The van der Waals surface area contributed by atoms with Crippen LogP contribution in [0.25, 0.3) is 0 Å². The van der Waals surface area contributed by atoms with Crippen molar-refractivity contribution in [2.24, 2.45) is 46.8 Å². The van der Waals surface area contributed by atoms with E-state index < -0.39 is 5.97 Å². The third-order valence-electron chi connectivity index (χ3n) is 9.24. The monoisotopic (exact) mass is 328 g/mol. The normalized spacial score (nSPS) is 52.8. The van der Waals surface area contributed by atoms with Gasteiger partial charge in [-0.2, -0.15) is 0 Å². The molecule has 8 atom stereocenters. The Morgan fingerprint density at radius 2 is 1.50 bits per heavy atom. The number of carbonyl (C=O) groups is 1. The zero-order valence-electron chi connectivity index (χ0n) is 14.8. The molecule has 0 aromatic heterocycles. The molecule has 2 nitrogen and oxygen atoms in total. The fraction of sp³-hybridized carbons (Fsp3) is 0.864. The smallest absolute Gasteiger partial charge is 0.309 e. The molecule has 132 valence electrons. The largest absolute Gasteiger partial charge is 0.481 e. The lowest BCUT2D eigenvalue weighted by atomic mass is 9.47. The fourth-order valence-corrected chi connectivity index (χ4v) is 8.32. The Labute approximate surface area is 146 Å². The molecule has 0 bridgehead atoms. The molecule has 5 aliphatic rings. The van der Waals surface area contributed by atoms with Crippen LogP contribution in [0.3, 0.4) is 0 Å². The number of hydrogen-bond donors (Lipinski definition) is 1. The van der Waals surface area contributed by atoms with Crippen LogP contribution in [0.2, 0.25) is 0 Å². The van der Waals surface area contributed by atoms with E-state index in [2.05, 4.69) is 12.2 Å². The van der Waals surface area contributed by atoms with E-state index in [0.29, 0.717) is 5.92 Å². The molecule has 0 saturated heterocycles. The molecule has 0 spiro atoms.